The molecule has 0 amide bonds. The van der Waals surface area contributed by atoms with Gasteiger partial charge in [-0.2, -0.15) is 4.68 Å². The molecular weight excluding hydrogens is 370 g/mol. The summed E-state index contributed by atoms with van der Waals surface area (Å²) in [6, 6.07) is 15.8. The van der Waals surface area contributed by atoms with Crippen LogP contribution in [0.15, 0.2) is 59.1 Å². The summed E-state index contributed by atoms with van der Waals surface area (Å²) in [5.41, 5.74) is 3.36. The summed E-state index contributed by atoms with van der Waals surface area (Å²) in [7, 11) is 0. The number of para-hydroxylation sites is 1. The van der Waals surface area contributed by atoms with Gasteiger partial charge in [-0.1, -0.05) is 24.3 Å². The summed E-state index contributed by atoms with van der Waals surface area (Å²) in [6.07, 6.45) is 4.29. The number of benzene rings is 1. The molecule has 1 aromatic carbocycles. The molecular formula is C21H20N5OS+. The van der Waals surface area contributed by atoms with Crippen LogP contribution in [0.3, 0.4) is 0 Å². The molecule has 5 rings (SSSR count). The molecule has 0 bridgehead atoms. The molecule has 1 aliphatic rings. The standard InChI is InChI=1S/C21H19N5OS/c28-21-26(14-25-11-5-6-12-25)24-20(27-21)16-13-19(18-9-3-4-10-22-18)23-17-8-2-1-7-15(16)17/h1-4,7-10,13H,5-6,11-12,14H2/p+1. The van der Waals surface area contributed by atoms with E-state index in [0.29, 0.717) is 10.7 Å². The van der Waals surface area contributed by atoms with Crippen LogP contribution in [0, 0.1) is 4.84 Å². The van der Waals surface area contributed by atoms with Crippen molar-refractivity contribution in [2.75, 3.05) is 13.1 Å². The Bertz CT molecular complexity index is 1180. The maximum absolute atomic E-state index is 5.92. The summed E-state index contributed by atoms with van der Waals surface area (Å²) in [4.78, 5) is 11.1. The topological polar surface area (TPSA) is 61.2 Å². The van der Waals surface area contributed by atoms with Crippen LogP contribution in [-0.4, -0.2) is 32.8 Å². The lowest BCUT2D eigenvalue weighted by molar-refractivity contribution is -0.911. The Balaban J connectivity index is 1.63. The fourth-order valence-electron chi connectivity index (χ4n) is 3.76. The molecule has 7 heteroatoms. The molecule has 140 valence electrons. The van der Waals surface area contributed by atoms with E-state index in [1.165, 1.54) is 17.7 Å². The Kier molecular flexibility index (Phi) is 4.46. The lowest BCUT2D eigenvalue weighted by Gasteiger charge is -2.10. The summed E-state index contributed by atoms with van der Waals surface area (Å²) in [5.74, 6) is 0.527. The van der Waals surface area contributed by atoms with E-state index in [1.54, 1.807) is 10.9 Å². The molecule has 6 nitrogen and oxygen atoms in total. The van der Waals surface area contributed by atoms with Crippen LogP contribution < -0.4 is 4.90 Å². The van der Waals surface area contributed by atoms with E-state index >= 15 is 0 Å². The van der Waals surface area contributed by atoms with Crippen molar-refractivity contribution in [3.8, 4) is 22.8 Å². The van der Waals surface area contributed by atoms with Gasteiger partial charge >= 0.3 is 0 Å². The highest BCUT2D eigenvalue weighted by atomic mass is 32.1. The Morgan fingerprint density at radius 3 is 2.68 bits per heavy atom. The zero-order valence-electron chi connectivity index (χ0n) is 15.3. The molecule has 1 aliphatic heterocycles. The number of aromatic nitrogens is 4. The Hall–Kier alpha value is -2.90. The number of pyridine rings is 2. The fourth-order valence-corrected chi connectivity index (χ4v) is 3.94. The quantitative estimate of drug-likeness (QED) is 0.543. The second-order valence-electron chi connectivity index (χ2n) is 7.08. The molecule has 3 aromatic heterocycles. The first-order valence-corrected chi connectivity index (χ1v) is 9.92. The minimum absolute atomic E-state index is 0.412. The van der Waals surface area contributed by atoms with E-state index in [4.69, 9.17) is 26.7 Å². The molecule has 0 unspecified atom stereocenters. The first kappa shape index (κ1) is 17.2. The van der Waals surface area contributed by atoms with Crippen LogP contribution in [0.4, 0.5) is 0 Å². The fraction of sp³-hybridized carbons (Fsp3) is 0.238. The van der Waals surface area contributed by atoms with E-state index < -0.39 is 0 Å². The van der Waals surface area contributed by atoms with Crippen LogP contribution in [0.5, 0.6) is 0 Å². The number of rotatable bonds is 4. The SMILES string of the molecule is S=c1oc(-c2cc(-c3ccccn3)nc3ccccc23)nn1C[NH+]1CCCC1. The second kappa shape index (κ2) is 7.26. The third kappa shape index (κ3) is 3.23. The summed E-state index contributed by atoms with van der Waals surface area (Å²) in [5, 5.41) is 5.69. The minimum atomic E-state index is 0.412. The maximum Gasteiger partial charge on any atom is 0.292 e. The van der Waals surface area contributed by atoms with Crippen LogP contribution in [0.25, 0.3) is 33.7 Å². The number of quaternary nitrogens is 1. The molecule has 0 atom stereocenters. The molecule has 0 aliphatic carbocycles. The zero-order valence-corrected chi connectivity index (χ0v) is 16.2. The van der Waals surface area contributed by atoms with Gasteiger partial charge in [0, 0.05) is 24.4 Å². The predicted octanol–water partition coefficient (Wildman–Crippen LogP) is 3.12. The molecule has 0 spiro atoms. The van der Waals surface area contributed by atoms with Gasteiger partial charge in [0.15, 0.2) is 6.67 Å². The van der Waals surface area contributed by atoms with Gasteiger partial charge in [0.25, 0.3) is 4.84 Å². The molecule has 0 radical (unpaired) electrons. The van der Waals surface area contributed by atoms with Gasteiger partial charge < -0.3 is 9.32 Å². The van der Waals surface area contributed by atoms with E-state index in [2.05, 4.69) is 4.98 Å². The van der Waals surface area contributed by atoms with Crippen LogP contribution in [0.1, 0.15) is 12.8 Å². The molecule has 28 heavy (non-hydrogen) atoms. The van der Waals surface area contributed by atoms with Crippen molar-refractivity contribution in [2.24, 2.45) is 0 Å². The second-order valence-corrected chi connectivity index (χ2v) is 7.42. The van der Waals surface area contributed by atoms with E-state index in [9.17, 15) is 0 Å². The van der Waals surface area contributed by atoms with Crippen LogP contribution >= 0.6 is 12.2 Å². The molecule has 1 fully saturated rings. The number of nitrogens with one attached hydrogen (secondary N) is 1. The highest BCUT2D eigenvalue weighted by molar-refractivity contribution is 7.71. The van der Waals surface area contributed by atoms with Crippen molar-refractivity contribution >= 4 is 23.1 Å². The Morgan fingerprint density at radius 1 is 1.04 bits per heavy atom. The van der Waals surface area contributed by atoms with E-state index in [1.807, 2.05) is 48.5 Å². The predicted molar refractivity (Wildman–Crippen MR) is 109 cm³/mol. The lowest BCUT2D eigenvalue weighted by Crippen LogP contribution is -3.09. The van der Waals surface area contributed by atoms with Crippen molar-refractivity contribution < 1.29 is 9.32 Å². The van der Waals surface area contributed by atoms with Crippen molar-refractivity contribution in [1.82, 2.24) is 19.7 Å². The van der Waals surface area contributed by atoms with Crippen molar-refractivity contribution in [3.05, 3.63) is 59.6 Å². The molecule has 4 aromatic rings. The monoisotopic (exact) mass is 390 g/mol. The average molecular weight is 390 g/mol. The maximum atomic E-state index is 5.92. The number of likely N-dealkylation sites (tertiary alicyclic amines) is 1. The Morgan fingerprint density at radius 2 is 1.86 bits per heavy atom. The van der Waals surface area contributed by atoms with Crippen molar-refractivity contribution in [2.45, 2.75) is 19.5 Å². The first-order chi connectivity index (χ1) is 13.8. The van der Waals surface area contributed by atoms with Gasteiger partial charge in [0.05, 0.1) is 35.6 Å². The zero-order chi connectivity index (χ0) is 18.9. The Labute approximate surface area is 167 Å². The van der Waals surface area contributed by atoms with Gasteiger partial charge in [0.2, 0.25) is 5.89 Å². The number of nitrogens with zero attached hydrogens (tertiary/aromatic N) is 4. The average Bonchev–Trinajstić information content (AvgIpc) is 3.38. The molecule has 1 N–H and O–H groups in total. The molecule has 4 heterocycles. The minimum Gasteiger partial charge on any atom is -0.409 e. The third-order valence-corrected chi connectivity index (χ3v) is 5.46. The molecule has 1 saturated heterocycles. The van der Waals surface area contributed by atoms with Crippen LogP contribution in [0.2, 0.25) is 0 Å². The summed E-state index contributed by atoms with van der Waals surface area (Å²) in [6.45, 7) is 3.07. The summed E-state index contributed by atoms with van der Waals surface area (Å²) >= 11 is 5.45. The number of fused-ring (bicyclic) bond motifs is 1. The highest BCUT2D eigenvalue weighted by Crippen LogP contribution is 2.30. The number of hydrogen-bond donors (Lipinski definition) is 1. The largest absolute Gasteiger partial charge is 0.409 e. The van der Waals surface area contributed by atoms with Crippen LogP contribution in [-0.2, 0) is 6.67 Å². The normalized spacial score (nSPS) is 14.7. The van der Waals surface area contributed by atoms with Gasteiger partial charge in [-0.05, 0) is 36.5 Å². The third-order valence-electron chi connectivity index (χ3n) is 5.16. The first-order valence-electron chi connectivity index (χ1n) is 9.51. The smallest absolute Gasteiger partial charge is 0.292 e. The van der Waals surface area contributed by atoms with E-state index in [0.717, 1.165) is 47.6 Å². The molecule has 0 saturated carbocycles. The summed E-state index contributed by atoms with van der Waals surface area (Å²) < 4.78 is 7.72. The lowest BCUT2D eigenvalue weighted by atomic mass is 10.1. The van der Waals surface area contributed by atoms with Gasteiger partial charge in [-0.15, -0.1) is 5.10 Å². The van der Waals surface area contributed by atoms with Gasteiger partial charge in [-0.3, -0.25) is 4.98 Å². The number of hydrogen-bond acceptors (Lipinski definition) is 5. The highest BCUT2D eigenvalue weighted by Gasteiger charge is 2.20. The van der Waals surface area contributed by atoms with E-state index in [-0.39, 0.29) is 0 Å². The van der Waals surface area contributed by atoms with Crippen molar-refractivity contribution in [1.29, 1.82) is 0 Å². The van der Waals surface area contributed by atoms with Crippen molar-refractivity contribution in [3.63, 3.8) is 0 Å². The van der Waals surface area contributed by atoms with Gasteiger partial charge in [-0.25, -0.2) is 4.98 Å². The van der Waals surface area contributed by atoms with Gasteiger partial charge in [0.1, 0.15) is 0 Å².